The fraction of sp³-hybridized carbons (Fsp3) is 0.286. The van der Waals surface area contributed by atoms with Crippen molar-refractivity contribution in [2.45, 2.75) is 38.6 Å². The predicted octanol–water partition coefficient (Wildman–Crippen LogP) is 8.21. The molecule has 0 saturated heterocycles. The van der Waals surface area contributed by atoms with Crippen molar-refractivity contribution in [2.75, 3.05) is 31.0 Å². The maximum atomic E-state index is 13.9. The van der Waals surface area contributed by atoms with Crippen molar-refractivity contribution in [3.05, 3.63) is 103 Å². The van der Waals surface area contributed by atoms with Crippen molar-refractivity contribution < 1.29 is 9.53 Å². The number of hydrogen-bond acceptors (Lipinski definition) is 3. The molecule has 5 rings (SSSR count). The summed E-state index contributed by atoms with van der Waals surface area (Å²) in [5.41, 5.74) is 7.76. The predicted molar refractivity (Wildman–Crippen MR) is 162 cm³/mol. The summed E-state index contributed by atoms with van der Waals surface area (Å²) in [6.07, 6.45) is 5.45. The zero-order valence-electron chi connectivity index (χ0n) is 23.3. The number of hydrogen-bond donors (Lipinski definition) is 0. The molecule has 0 bridgehead atoms. The molecule has 4 aromatic carbocycles. The molecule has 200 valence electrons. The van der Waals surface area contributed by atoms with E-state index in [1.165, 1.54) is 23.2 Å². The summed E-state index contributed by atoms with van der Waals surface area (Å²) in [7, 11) is 5.79. The average Bonchev–Trinajstić information content (AvgIpc) is 3.00. The number of ether oxygens (including phenoxy) is 1. The van der Waals surface area contributed by atoms with Gasteiger partial charge in [0.05, 0.1) is 13.7 Å². The van der Waals surface area contributed by atoms with Gasteiger partial charge in [0.1, 0.15) is 5.75 Å². The van der Waals surface area contributed by atoms with Crippen LogP contribution in [0.4, 0.5) is 11.4 Å². The summed E-state index contributed by atoms with van der Waals surface area (Å²) in [5.74, 6) is 1.15. The van der Waals surface area contributed by atoms with E-state index in [0.717, 1.165) is 53.8 Å². The third kappa shape index (κ3) is 6.34. The molecule has 0 aromatic heterocycles. The lowest BCUT2D eigenvalue weighted by Crippen LogP contribution is -2.36. The molecular weight excluding hydrogens is 480 g/mol. The summed E-state index contributed by atoms with van der Waals surface area (Å²) in [6, 6.07) is 33.6. The van der Waals surface area contributed by atoms with Crippen LogP contribution in [-0.4, -0.2) is 27.1 Å². The Hall–Kier alpha value is -4.05. The van der Waals surface area contributed by atoms with Crippen LogP contribution in [0.15, 0.2) is 97.1 Å². The van der Waals surface area contributed by atoms with Crippen molar-refractivity contribution in [3.8, 4) is 28.0 Å². The Morgan fingerprint density at radius 3 is 1.97 bits per heavy atom. The third-order valence-corrected chi connectivity index (χ3v) is 7.79. The Morgan fingerprint density at radius 2 is 1.33 bits per heavy atom. The number of nitrogens with zero attached hydrogens (tertiary/aromatic N) is 2. The molecule has 1 saturated carbocycles. The summed E-state index contributed by atoms with van der Waals surface area (Å²) >= 11 is 0. The van der Waals surface area contributed by atoms with E-state index in [-0.39, 0.29) is 11.8 Å². The first kappa shape index (κ1) is 26.6. The standard InChI is InChI=1S/C35H38N2O2/c1-36(2)32-21-19-28(20-22-32)27-17-15-26(16-18-27)25-37(35(38)29-9-5-4-6-10-29)33-13-7-11-30(23-33)31-12-8-14-34(24-31)39-3/h7-8,11-24,29H,4-6,9-10,25H2,1-3H3. The van der Waals surface area contributed by atoms with E-state index in [9.17, 15) is 4.79 Å². The van der Waals surface area contributed by atoms with E-state index in [2.05, 4.69) is 91.8 Å². The monoisotopic (exact) mass is 518 g/mol. The lowest BCUT2D eigenvalue weighted by atomic mass is 9.88. The molecular formula is C35H38N2O2. The minimum Gasteiger partial charge on any atom is -0.497 e. The van der Waals surface area contributed by atoms with Gasteiger partial charge in [0, 0.05) is 31.4 Å². The van der Waals surface area contributed by atoms with E-state index in [4.69, 9.17) is 4.74 Å². The van der Waals surface area contributed by atoms with Gasteiger partial charge in [-0.1, -0.05) is 79.9 Å². The van der Waals surface area contributed by atoms with Crippen molar-refractivity contribution in [3.63, 3.8) is 0 Å². The molecule has 0 heterocycles. The fourth-order valence-electron chi connectivity index (χ4n) is 5.46. The summed E-state index contributed by atoms with van der Waals surface area (Å²) in [6.45, 7) is 0.552. The zero-order valence-corrected chi connectivity index (χ0v) is 23.3. The highest BCUT2D eigenvalue weighted by Crippen LogP contribution is 2.32. The Labute approximate surface area is 232 Å². The average molecular weight is 519 g/mol. The maximum Gasteiger partial charge on any atom is 0.230 e. The molecule has 0 unspecified atom stereocenters. The van der Waals surface area contributed by atoms with Gasteiger partial charge >= 0.3 is 0 Å². The van der Waals surface area contributed by atoms with E-state index in [1.54, 1.807) is 7.11 Å². The molecule has 0 spiro atoms. The van der Waals surface area contributed by atoms with Gasteiger partial charge < -0.3 is 14.5 Å². The second kappa shape index (κ2) is 12.2. The first-order valence-corrected chi connectivity index (χ1v) is 13.9. The molecule has 0 atom stereocenters. The molecule has 4 aromatic rings. The fourth-order valence-corrected chi connectivity index (χ4v) is 5.46. The largest absolute Gasteiger partial charge is 0.497 e. The number of amides is 1. The quantitative estimate of drug-likeness (QED) is 0.236. The van der Waals surface area contributed by atoms with E-state index in [1.807, 2.05) is 29.2 Å². The van der Waals surface area contributed by atoms with Crippen LogP contribution in [0, 0.1) is 5.92 Å². The molecule has 4 nitrogen and oxygen atoms in total. The maximum absolute atomic E-state index is 13.9. The number of carbonyl (C=O) groups is 1. The number of anilines is 2. The highest BCUT2D eigenvalue weighted by atomic mass is 16.5. The van der Waals surface area contributed by atoms with Crippen LogP contribution in [0.25, 0.3) is 22.3 Å². The van der Waals surface area contributed by atoms with Crippen LogP contribution >= 0.6 is 0 Å². The van der Waals surface area contributed by atoms with E-state index in [0.29, 0.717) is 6.54 Å². The molecule has 1 aliphatic carbocycles. The highest BCUT2D eigenvalue weighted by Gasteiger charge is 2.27. The van der Waals surface area contributed by atoms with Gasteiger partial charge in [-0.2, -0.15) is 0 Å². The van der Waals surface area contributed by atoms with Crippen LogP contribution in [0.5, 0.6) is 5.75 Å². The second-order valence-corrected chi connectivity index (χ2v) is 10.7. The molecule has 39 heavy (non-hydrogen) atoms. The highest BCUT2D eigenvalue weighted by molar-refractivity contribution is 5.95. The molecule has 0 N–H and O–H groups in total. The molecule has 1 aliphatic rings. The van der Waals surface area contributed by atoms with Crippen LogP contribution in [-0.2, 0) is 11.3 Å². The number of rotatable bonds is 8. The van der Waals surface area contributed by atoms with Gasteiger partial charge in [-0.15, -0.1) is 0 Å². The Balaban J connectivity index is 1.43. The lowest BCUT2D eigenvalue weighted by Gasteiger charge is -2.30. The smallest absolute Gasteiger partial charge is 0.230 e. The summed E-state index contributed by atoms with van der Waals surface area (Å²) < 4.78 is 5.44. The van der Waals surface area contributed by atoms with Crippen LogP contribution in [0.1, 0.15) is 37.7 Å². The van der Waals surface area contributed by atoms with Gasteiger partial charge in [0.15, 0.2) is 0 Å². The summed E-state index contributed by atoms with van der Waals surface area (Å²) in [4.78, 5) is 18.0. The van der Waals surface area contributed by atoms with Gasteiger partial charge in [0.2, 0.25) is 5.91 Å². The SMILES string of the molecule is COc1cccc(-c2cccc(N(Cc3ccc(-c4ccc(N(C)C)cc4)cc3)C(=O)C3CCCCC3)c2)c1. The van der Waals surface area contributed by atoms with Crippen molar-refractivity contribution in [1.29, 1.82) is 0 Å². The molecule has 4 heteroatoms. The van der Waals surface area contributed by atoms with Gasteiger partial charge in [-0.3, -0.25) is 4.79 Å². The molecule has 1 amide bonds. The topological polar surface area (TPSA) is 32.8 Å². The van der Waals surface area contributed by atoms with Gasteiger partial charge in [0.25, 0.3) is 0 Å². The van der Waals surface area contributed by atoms with Crippen molar-refractivity contribution >= 4 is 17.3 Å². The van der Waals surface area contributed by atoms with Crippen LogP contribution in [0.3, 0.4) is 0 Å². The summed E-state index contributed by atoms with van der Waals surface area (Å²) in [5, 5.41) is 0. The molecule has 0 radical (unpaired) electrons. The second-order valence-electron chi connectivity index (χ2n) is 10.7. The van der Waals surface area contributed by atoms with E-state index < -0.39 is 0 Å². The number of methoxy groups -OCH3 is 1. The van der Waals surface area contributed by atoms with Crippen LogP contribution < -0.4 is 14.5 Å². The number of carbonyl (C=O) groups excluding carboxylic acids is 1. The third-order valence-electron chi connectivity index (χ3n) is 7.79. The lowest BCUT2D eigenvalue weighted by molar-refractivity contribution is -0.123. The van der Waals surface area contributed by atoms with Crippen molar-refractivity contribution in [2.24, 2.45) is 5.92 Å². The molecule has 1 fully saturated rings. The first-order chi connectivity index (χ1) is 19.0. The molecule has 0 aliphatic heterocycles. The van der Waals surface area contributed by atoms with Crippen LogP contribution in [0.2, 0.25) is 0 Å². The zero-order chi connectivity index (χ0) is 27.2. The minimum atomic E-state index is 0.0914. The Morgan fingerprint density at radius 1 is 0.718 bits per heavy atom. The van der Waals surface area contributed by atoms with Crippen molar-refractivity contribution in [1.82, 2.24) is 0 Å². The number of benzene rings is 4. The van der Waals surface area contributed by atoms with E-state index >= 15 is 0 Å². The van der Waals surface area contributed by atoms with Gasteiger partial charge in [-0.05, 0) is 77.1 Å². The normalized spacial score (nSPS) is 13.6. The Kier molecular flexibility index (Phi) is 8.31. The first-order valence-electron chi connectivity index (χ1n) is 13.9. The Bertz CT molecular complexity index is 1390. The van der Waals surface area contributed by atoms with Gasteiger partial charge in [-0.25, -0.2) is 0 Å². The minimum absolute atomic E-state index is 0.0914.